The van der Waals surface area contributed by atoms with Gasteiger partial charge in [0, 0.05) is 32.2 Å². The Balaban J connectivity index is 1.66. The molecule has 2 bridgehead atoms. The fourth-order valence-electron chi connectivity index (χ4n) is 3.67. The van der Waals surface area contributed by atoms with Crippen molar-refractivity contribution in [2.24, 2.45) is 0 Å². The lowest BCUT2D eigenvalue weighted by Crippen LogP contribution is -2.52. The number of hydrogen-bond acceptors (Lipinski definition) is 5. The molecule has 6 nitrogen and oxygen atoms in total. The van der Waals surface area contributed by atoms with Crippen molar-refractivity contribution < 1.29 is 13.2 Å². The third-order valence-corrected chi connectivity index (χ3v) is 8.40. The Morgan fingerprint density at radius 3 is 2.50 bits per heavy atom. The normalized spacial score (nSPS) is 27.4. The van der Waals surface area contributed by atoms with Gasteiger partial charge in [-0.15, -0.1) is 11.3 Å². The summed E-state index contributed by atoms with van der Waals surface area (Å²) < 4.78 is 28.0. The predicted octanol–water partition coefficient (Wildman–Crippen LogP) is 1.76. The van der Waals surface area contributed by atoms with E-state index in [1.807, 2.05) is 0 Å². The summed E-state index contributed by atoms with van der Waals surface area (Å²) in [5.41, 5.74) is 0. The summed E-state index contributed by atoms with van der Waals surface area (Å²) in [5.74, 6) is 0.0938. The number of sulfonamides is 1. The van der Waals surface area contributed by atoms with Crippen LogP contribution in [0, 0.1) is 0 Å². The van der Waals surface area contributed by atoms with E-state index in [0.29, 0.717) is 6.54 Å². The maximum atomic E-state index is 12.5. The van der Waals surface area contributed by atoms with Crippen LogP contribution < -0.4 is 4.72 Å². The fourth-order valence-corrected chi connectivity index (χ4v) is 6.64. The number of halogens is 1. The molecule has 2 fully saturated rings. The fraction of sp³-hybridized carbons (Fsp3) is 0.667. The van der Waals surface area contributed by atoms with Crippen molar-refractivity contribution in [3.05, 3.63) is 16.5 Å². The number of piperidine rings is 1. The van der Waals surface area contributed by atoms with Gasteiger partial charge in [0.2, 0.25) is 5.91 Å². The zero-order chi connectivity index (χ0) is 17.5. The number of fused-ring (bicyclic) bond motifs is 2. The summed E-state index contributed by atoms with van der Waals surface area (Å²) in [6.45, 7) is 0.415. The van der Waals surface area contributed by atoms with Gasteiger partial charge in [-0.2, -0.15) is 0 Å². The molecule has 3 heterocycles. The molecule has 0 aliphatic carbocycles. The van der Waals surface area contributed by atoms with E-state index in [2.05, 4.69) is 9.62 Å². The molecule has 2 aliphatic heterocycles. The van der Waals surface area contributed by atoms with Crippen LogP contribution in [0.3, 0.4) is 0 Å². The van der Waals surface area contributed by atoms with E-state index in [9.17, 15) is 13.2 Å². The average Bonchev–Trinajstić information content (AvgIpc) is 3.01. The van der Waals surface area contributed by atoms with Crippen molar-refractivity contribution in [3.8, 4) is 0 Å². The lowest BCUT2D eigenvalue weighted by atomic mass is 9.98. The van der Waals surface area contributed by atoms with Crippen LogP contribution >= 0.6 is 22.9 Å². The van der Waals surface area contributed by atoms with Gasteiger partial charge in [-0.3, -0.25) is 9.69 Å². The number of carbonyl (C=O) groups excluding carboxylic acids is 1. The van der Waals surface area contributed by atoms with Gasteiger partial charge >= 0.3 is 0 Å². The molecule has 0 saturated carbocycles. The number of carbonyl (C=O) groups is 1. The van der Waals surface area contributed by atoms with Crippen LogP contribution in [0.25, 0.3) is 0 Å². The second kappa shape index (κ2) is 6.92. The van der Waals surface area contributed by atoms with Crippen LogP contribution in [0.15, 0.2) is 15.7 Å². The Morgan fingerprint density at radius 1 is 1.38 bits per heavy atom. The quantitative estimate of drug-likeness (QED) is 0.830. The minimum Gasteiger partial charge on any atom is -0.348 e. The Hall–Kier alpha value is -0.670. The summed E-state index contributed by atoms with van der Waals surface area (Å²) in [6.07, 6.45) is 3.51. The van der Waals surface area contributed by atoms with Crippen molar-refractivity contribution in [1.29, 1.82) is 0 Å². The largest absolute Gasteiger partial charge is 0.348 e. The molecule has 3 rings (SSSR count). The Kier molecular flexibility index (Phi) is 5.22. The molecule has 1 N–H and O–H groups in total. The van der Waals surface area contributed by atoms with Gasteiger partial charge in [-0.1, -0.05) is 11.6 Å². The van der Waals surface area contributed by atoms with Crippen LogP contribution in [-0.2, 0) is 14.8 Å². The first-order valence-corrected chi connectivity index (χ1v) is 10.7. The Labute approximate surface area is 151 Å². The summed E-state index contributed by atoms with van der Waals surface area (Å²) in [4.78, 5) is 15.8. The molecule has 2 atom stereocenters. The van der Waals surface area contributed by atoms with E-state index in [4.69, 9.17) is 11.6 Å². The molecule has 2 saturated heterocycles. The first kappa shape index (κ1) is 18.1. The molecule has 1 aromatic heterocycles. The van der Waals surface area contributed by atoms with Crippen LogP contribution in [0.4, 0.5) is 0 Å². The smallest absolute Gasteiger partial charge is 0.251 e. The minimum absolute atomic E-state index is 0.0938. The number of rotatable bonds is 5. The summed E-state index contributed by atoms with van der Waals surface area (Å²) in [6, 6.07) is 2.02. The summed E-state index contributed by atoms with van der Waals surface area (Å²) >= 11 is 7.09. The van der Waals surface area contributed by atoms with E-state index in [-0.39, 0.29) is 33.3 Å². The van der Waals surface area contributed by atoms with E-state index in [1.165, 1.54) is 0 Å². The second-order valence-corrected chi connectivity index (χ2v) is 9.92. The van der Waals surface area contributed by atoms with E-state index < -0.39 is 10.0 Å². The van der Waals surface area contributed by atoms with Gasteiger partial charge in [0.25, 0.3) is 10.0 Å². The highest BCUT2D eigenvalue weighted by Crippen LogP contribution is 2.36. The van der Waals surface area contributed by atoms with E-state index >= 15 is 0 Å². The van der Waals surface area contributed by atoms with E-state index in [1.54, 1.807) is 30.4 Å². The molecule has 0 aromatic carbocycles. The summed E-state index contributed by atoms with van der Waals surface area (Å²) in [5, 5.41) is 1.94. The number of amides is 1. The molecule has 134 valence electrons. The first-order chi connectivity index (χ1) is 11.3. The van der Waals surface area contributed by atoms with Gasteiger partial charge in [0.15, 0.2) is 4.21 Å². The summed E-state index contributed by atoms with van der Waals surface area (Å²) in [7, 11) is -0.0578. The van der Waals surface area contributed by atoms with Crippen LogP contribution in [0.1, 0.15) is 25.7 Å². The molecular weight excluding hydrogens is 370 g/mol. The lowest BCUT2D eigenvalue weighted by molar-refractivity contribution is -0.131. The van der Waals surface area contributed by atoms with Crippen LogP contribution in [-0.4, -0.2) is 62.9 Å². The molecule has 2 unspecified atom stereocenters. The Bertz CT molecular complexity index is 705. The molecule has 0 spiro atoms. The number of likely N-dealkylation sites (N-methyl/N-ethyl adjacent to an activating group) is 1. The molecule has 24 heavy (non-hydrogen) atoms. The van der Waals surface area contributed by atoms with Gasteiger partial charge in [0.05, 0.1) is 11.6 Å². The third kappa shape index (κ3) is 3.62. The van der Waals surface area contributed by atoms with Crippen molar-refractivity contribution in [2.45, 2.75) is 48.0 Å². The highest BCUT2D eigenvalue weighted by Gasteiger charge is 2.42. The van der Waals surface area contributed by atoms with E-state index in [0.717, 1.165) is 37.0 Å². The highest BCUT2D eigenvalue weighted by molar-refractivity contribution is 7.91. The zero-order valence-electron chi connectivity index (χ0n) is 13.7. The van der Waals surface area contributed by atoms with Gasteiger partial charge in [0.1, 0.15) is 0 Å². The lowest BCUT2D eigenvalue weighted by Gasteiger charge is -2.38. The van der Waals surface area contributed by atoms with Gasteiger partial charge in [-0.05, 0) is 37.1 Å². The molecule has 0 radical (unpaired) electrons. The minimum atomic E-state index is -3.58. The monoisotopic (exact) mass is 391 g/mol. The highest BCUT2D eigenvalue weighted by atomic mass is 35.5. The van der Waals surface area contributed by atoms with Gasteiger partial charge in [-0.25, -0.2) is 13.1 Å². The molecular formula is C15H22ClN3O3S2. The molecule has 2 aliphatic rings. The van der Waals surface area contributed by atoms with Crippen molar-refractivity contribution in [3.63, 3.8) is 0 Å². The first-order valence-electron chi connectivity index (χ1n) is 7.99. The predicted molar refractivity (Wildman–Crippen MR) is 94.9 cm³/mol. The number of nitrogens with zero attached hydrogens (tertiary/aromatic N) is 2. The van der Waals surface area contributed by atoms with Crippen molar-refractivity contribution >= 4 is 38.9 Å². The standard InChI is InChI=1S/C15H22ClN3O3S2/c1-18(2)14(20)9-19-11-3-4-12(19)8-10(7-11)17-24(21,22)15-13(16)5-6-23-15/h5-6,10-12,17H,3-4,7-9H2,1-2H3. The molecule has 1 aromatic rings. The zero-order valence-corrected chi connectivity index (χ0v) is 16.1. The number of hydrogen-bond donors (Lipinski definition) is 1. The second-order valence-electron chi connectivity index (χ2n) is 6.69. The van der Waals surface area contributed by atoms with Crippen molar-refractivity contribution in [1.82, 2.24) is 14.5 Å². The third-order valence-electron chi connectivity index (χ3n) is 4.85. The molecule has 1 amide bonds. The number of nitrogens with one attached hydrogen (secondary N) is 1. The topological polar surface area (TPSA) is 69.7 Å². The maximum absolute atomic E-state index is 12.5. The van der Waals surface area contributed by atoms with Crippen molar-refractivity contribution in [2.75, 3.05) is 20.6 Å². The average molecular weight is 392 g/mol. The van der Waals surface area contributed by atoms with Crippen LogP contribution in [0.2, 0.25) is 5.02 Å². The van der Waals surface area contributed by atoms with Crippen LogP contribution in [0.5, 0.6) is 0 Å². The Morgan fingerprint density at radius 2 is 2.00 bits per heavy atom. The molecule has 9 heteroatoms. The maximum Gasteiger partial charge on any atom is 0.251 e. The number of thiophene rings is 1. The van der Waals surface area contributed by atoms with Gasteiger partial charge < -0.3 is 4.90 Å². The SMILES string of the molecule is CN(C)C(=O)CN1C2CCC1CC(NS(=O)(=O)c1sccc1Cl)C2.